The van der Waals surface area contributed by atoms with Crippen LogP contribution in [-0.2, 0) is 6.42 Å². The largest absolute Gasteiger partial charge is 0.349 e. The number of likely N-dealkylation sites (tertiary alicyclic amines) is 1. The van der Waals surface area contributed by atoms with Gasteiger partial charge in [0.1, 0.15) is 5.82 Å². The van der Waals surface area contributed by atoms with Crippen molar-refractivity contribution in [2.24, 2.45) is 5.92 Å². The molecule has 6 heteroatoms. The first-order chi connectivity index (χ1) is 14.1. The molecule has 0 spiro atoms. The smallest absolute Gasteiger partial charge is 0.321 e. The summed E-state index contributed by atoms with van der Waals surface area (Å²) in [5.74, 6) is 0.0804. The number of urea groups is 1. The fraction of sp³-hybridized carbons (Fsp3) is 0.391. The molecule has 1 saturated carbocycles. The standard InChI is InChI=1S/C23H26FN3O2/c24-20-3-1-2-4-21(20)26-23(29)27-13-11-17(12-14-27)15-16-5-7-18(8-6-16)22(28)25-19-9-10-19/h1-8,17,19H,9-15H2,(H,25,28)(H,26,29). The van der Waals surface area contributed by atoms with E-state index in [2.05, 4.69) is 10.6 Å². The Hall–Kier alpha value is -2.89. The second kappa shape index (κ2) is 8.64. The molecule has 5 nitrogen and oxygen atoms in total. The number of carbonyl (C=O) groups is 2. The van der Waals surface area contributed by atoms with Crippen molar-refractivity contribution in [1.82, 2.24) is 10.2 Å². The van der Waals surface area contributed by atoms with Crippen LogP contribution in [0.5, 0.6) is 0 Å². The van der Waals surface area contributed by atoms with Crippen LogP contribution in [0, 0.1) is 11.7 Å². The predicted molar refractivity (Wildman–Crippen MR) is 110 cm³/mol. The van der Waals surface area contributed by atoms with E-state index in [4.69, 9.17) is 0 Å². The van der Waals surface area contributed by atoms with Gasteiger partial charge in [0.25, 0.3) is 5.91 Å². The zero-order valence-corrected chi connectivity index (χ0v) is 16.4. The summed E-state index contributed by atoms with van der Waals surface area (Å²) < 4.78 is 13.7. The van der Waals surface area contributed by atoms with Crippen LogP contribution in [0.2, 0.25) is 0 Å². The van der Waals surface area contributed by atoms with Gasteiger partial charge in [-0.25, -0.2) is 9.18 Å². The van der Waals surface area contributed by atoms with Crippen molar-refractivity contribution >= 4 is 17.6 Å². The van der Waals surface area contributed by atoms with Crippen LogP contribution in [0.1, 0.15) is 41.6 Å². The fourth-order valence-corrected chi connectivity index (χ4v) is 3.72. The van der Waals surface area contributed by atoms with Gasteiger partial charge in [-0.15, -0.1) is 0 Å². The number of anilines is 1. The topological polar surface area (TPSA) is 61.4 Å². The minimum atomic E-state index is -0.426. The maximum absolute atomic E-state index is 13.7. The third kappa shape index (κ3) is 5.13. The summed E-state index contributed by atoms with van der Waals surface area (Å²) in [4.78, 5) is 26.2. The highest BCUT2D eigenvalue weighted by atomic mass is 19.1. The number of halogens is 1. The summed E-state index contributed by atoms with van der Waals surface area (Å²) in [6, 6.07) is 14.2. The van der Waals surface area contributed by atoms with Gasteiger partial charge in [-0.1, -0.05) is 24.3 Å². The van der Waals surface area contributed by atoms with Crippen molar-refractivity contribution < 1.29 is 14.0 Å². The molecule has 0 atom stereocenters. The van der Waals surface area contributed by atoms with Gasteiger partial charge in [-0.2, -0.15) is 0 Å². The monoisotopic (exact) mass is 395 g/mol. The molecule has 2 fully saturated rings. The molecule has 0 radical (unpaired) electrons. The molecule has 29 heavy (non-hydrogen) atoms. The quantitative estimate of drug-likeness (QED) is 0.797. The van der Waals surface area contributed by atoms with E-state index in [0.717, 1.165) is 32.1 Å². The lowest BCUT2D eigenvalue weighted by atomic mass is 9.90. The normalized spacial score (nSPS) is 17.1. The Morgan fingerprint density at radius 3 is 2.31 bits per heavy atom. The summed E-state index contributed by atoms with van der Waals surface area (Å²) in [7, 11) is 0. The van der Waals surface area contributed by atoms with Crippen LogP contribution < -0.4 is 10.6 Å². The molecule has 2 aliphatic rings. The fourth-order valence-electron chi connectivity index (χ4n) is 3.72. The Bertz CT molecular complexity index is 872. The number of hydrogen-bond donors (Lipinski definition) is 2. The van der Waals surface area contributed by atoms with Crippen LogP contribution in [0.3, 0.4) is 0 Å². The van der Waals surface area contributed by atoms with E-state index in [0.29, 0.717) is 30.6 Å². The Morgan fingerprint density at radius 1 is 0.966 bits per heavy atom. The third-order valence-corrected chi connectivity index (χ3v) is 5.67. The molecule has 1 saturated heterocycles. The lowest BCUT2D eigenvalue weighted by Gasteiger charge is -2.32. The minimum Gasteiger partial charge on any atom is -0.349 e. The van der Waals surface area contributed by atoms with Crippen molar-refractivity contribution in [2.75, 3.05) is 18.4 Å². The number of nitrogens with zero attached hydrogens (tertiary/aromatic N) is 1. The first-order valence-electron chi connectivity index (χ1n) is 10.3. The second-order valence-electron chi connectivity index (χ2n) is 7.99. The molecule has 1 heterocycles. The molecule has 2 aromatic carbocycles. The van der Waals surface area contributed by atoms with Crippen LogP contribution in [0.25, 0.3) is 0 Å². The van der Waals surface area contributed by atoms with Gasteiger partial charge in [0.2, 0.25) is 0 Å². The van der Waals surface area contributed by atoms with Crippen LogP contribution in [0.15, 0.2) is 48.5 Å². The number of rotatable bonds is 5. The molecule has 1 aliphatic heterocycles. The van der Waals surface area contributed by atoms with Crippen LogP contribution in [-0.4, -0.2) is 36.0 Å². The van der Waals surface area contributed by atoms with Crippen molar-refractivity contribution in [1.29, 1.82) is 0 Å². The van der Waals surface area contributed by atoms with Gasteiger partial charge in [-0.05, 0) is 67.9 Å². The molecule has 1 aliphatic carbocycles. The SMILES string of the molecule is O=C(NC1CC1)c1ccc(CC2CCN(C(=O)Nc3ccccc3F)CC2)cc1. The van der Waals surface area contributed by atoms with Crippen LogP contribution >= 0.6 is 0 Å². The first kappa shape index (κ1) is 19.4. The zero-order valence-electron chi connectivity index (χ0n) is 16.4. The number of hydrogen-bond acceptors (Lipinski definition) is 2. The van der Waals surface area contributed by atoms with Crippen molar-refractivity contribution in [3.8, 4) is 0 Å². The van der Waals surface area contributed by atoms with Crippen molar-refractivity contribution in [2.45, 2.75) is 38.1 Å². The van der Waals surface area contributed by atoms with E-state index in [9.17, 15) is 14.0 Å². The van der Waals surface area contributed by atoms with E-state index in [1.807, 2.05) is 24.3 Å². The Labute approximate surface area is 170 Å². The summed E-state index contributed by atoms with van der Waals surface area (Å²) in [5, 5.41) is 5.65. The molecular weight excluding hydrogens is 369 g/mol. The summed E-state index contributed by atoms with van der Waals surface area (Å²) >= 11 is 0. The summed E-state index contributed by atoms with van der Waals surface area (Å²) in [6.45, 7) is 1.32. The molecule has 0 aromatic heterocycles. The van der Waals surface area contributed by atoms with Crippen molar-refractivity contribution in [3.63, 3.8) is 0 Å². The maximum atomic E-state index is 13.7. The third-order valence-electron chi connectivity index (χ3n) is 5.67. The Morgan fingerprint density at radius 2 is 1.66 bits per heavy atom. The molecule has 0 bridgehead atoms. The highest BCUT2D eigenvalue weighted by molar-refractivity contribution is 5.94. The number of carbonyl (C=O) groups excluding carboxylic acids is 2. The highest BCUT2D eigenvalue weighted by Gasteiger charge is 2.25. The number of piperidine rings is 1. The lowest BCUT2D eigenvalue weighted by molar-refractivity contribution is 0.0951. The number of benzene rings is 2. The van der Waals surface area contributed by atoms with Gasteiger partial charge in [0.05, 0.1) is 5.69 Å². The molecule has 3 amide bonds. The van der Waals surface area contributed by atoms with Crippen LogP contribution in [0.4, 0.5) is 14.9 Å². The predicted octanol–water partition coefficient (Wildman–Crippen LogP) is 4.20. The van der Waals surface area contributed by atoms with E-state index >= 15 is 0 Å². The molecule has 4 rings (SSSR count). The van der Waals surface area contributed by atoms with Gasteiger partial charge in [0, 0.05) is 24.7 Å². The summed E-state index contributed by atoms with van der Waals surface area (Å²) in [6.07, 6.45) is 4.93. The Kier molecular flexibility index (Phi) is 5.79. The number of para-hydroxylation sites is 1. The second-order valence-corrected chi connectivity index (χ2v) is 7.99. The average Bonchev–Trinajstić information content (AvgIpc) is 3.55. The minimum absolute atomic E-state index is 0.00761. The van der Waals surface area contributed by atoms with Gasteiger partial charge < -0.3 is 15.5 Å². The summed E-state index contributed by atoms with van der Waals surface area (Å²) in [5.41, 5.74) is 2.13. The Balaban J connectivity index is 1.24. The first-order valence-corrected chi connectivity index (χ1v) is 10.3. The maximum Gasteiger partial charge on any atom is 0.321 e. The molecule has 0 unspecified atom stereocenters. The van der Waals surface area contributed by atoms with E-state index in [1.165, 1.54) is 11.6 Å². The molecule has 2 N–H and O–H groups in total. The van der Waals surface area contributed by atoms with E-state index in [-0.39, 0.29) is 17.6 Å². The van der Waals surface area contributed by atoms with E-state index in [1.54, 1.807) is 23.1 Å². The van der Waals surface area contributed by atoms with Gasteiger partial charge >= 0.3 is 6.03 Å². The molecule has 2 aromatic rings. The lowest BCUT2D eigenvalue weighted by Crippen LogP contribution is -2.41. The van der Waals surface area contributed by atoms with Crippen molar-refractivity contribution in [3.05, 3.63) is 65.5 Å². The number of nitrogens with one attached hydrogen (secondary N) is 2. The van der Waals surface area contributed by atoms with Gasteiger partial charge in [0.15, 0.2) is 0 Å². The zero-order chi connectivity index (χ0) is 20.2. The molecular formula is C23H26FN3O2. The highest BCUT2D eigenvalue weighted by Crippen LogP contribution is 2.23. The molecule has 152 valence electrons. The average molecular weight is 395 g/mol. The number of amides is 3. The van der Waals surface area contributed by atoms with Gasteiger partial charge in [-0.3, -0.25) is 4.79 Å². The van der Waals surface area contributed by atoms with E-state index < -0.39 is 5.82 Å².